The van der Waals surface area contributed by atoms with E-state index in [1.807, 2.05) is 0 Å². The number of esters is 1. The fourth-order valence-electron chi connectivity index (χ4n) is 3.55. The molecule has 0 aliphatic carbocycles. The van der Waals surface area contributed by atoms with Crippen LogP contribution in [0.4, 0.5) is 0 Å². The fraction of sp³-hybridized carbons (Fsp3) is 0.962. The summed E-state index contributed by atoms with van der Waals surface area (Å²) >= 11 is 2.42. The molecular weight excluding hydrogens is 503 g/mol. The first-order valence-electron chi connectivity index (χ1n) is 13.2. The zero-order valence-electron chi connectivity index (χ0n) is 20.5. The van der Waals surface area contributed by atoms with Gasteiger partial charge in [-0.2, -0.15) is 0 Å². The third kappa shape index (κ3) is 28.1. The molecule has 0 spiro atoms. The highest BCUT2D eigenvalue weighted by molar-refractivity contribution is 14.1. The number of ether oxygens (including phenoxy) is 3. The van der Waals surface area contributed by atoms with Crippen LogP contribution in [0.5, 0.6) is 0 Å². The summed E-state index contributed by atoms with van der Waals surface area (Å²) in [5.74, 6) is -0.0885. The Hall–Kier alpha value is 0.120. The highest BCUT2D eigenvalue weighted by atomic mass is 127. The van der Waals surface area contributed by atoms with Crippen molar-refractivity contribution in [2.45, 2.75) is 122 Å². The van der Waals surface area contributed by atoms with E-state index in [0.717, 1.165) is 25.9 Å². The third-order valence-electron chi connectivity index (χ3n) is 5.52. The average Bonchev–Trinajstić information content (AvgIpc) is 2.77. The largest absolute Gasteiger partial charge is 0.463 e. The smallest absolute Gasteiger partial charge is 0.305 e. The van der Waals surface area contributed by atoms with Crippen LogP contribution in [-0.4, -0.2) is 43.4 Å². The van der Waals surface area contributed by atoms with E-state index >= 15 is 0 Å². The minimum Gasteiger partial charge on any atom is -0.463 e. The molecule has 0 saturated carbocycles. The van der Waals surface area contributed by atoms with Crippen LogP contribution >= 0.6 is 22.6 Å². The molecule has 0 aromatic carbocycles. The van der Waals surface area contributed by atoms with Crippen molar-refractivity contribution in [1.29, 1.82) is 0 Å². The van der Waals surface area contributed by atoms with Gasteiger partial charge in [-0.1, -0.05) is 119 Å². The Balaban J connectivity index is 3.14. The lowest BCUT2D eigenvalue weighted by Crippen LogP contribution is -2.13. The van der Waals surface area contributed by atoms with Crippen molar-refractivity contribution in [2.75, 3.05) is 37.5 Å². The number of unbranched alkanes of at least 4 members (excludes halogenated alkanes) is 15. The maximum atomic E-state index is 11.7. The molecule has 0 aromatic rings. The number of rotatable bonds is 26. The van der Waals surface area contributed by atoms with Gasteiger partial charge in [-0.25, -0.2) is 0 Å². The van der Waals surface area contributed by atoms with Gasteiger partial charge < -0.3 is 14.2 Å². The predicted molar refractivity (Wildman–Crippen MR) is 140 cm³/mol. The Kier molecular flexibility index (Phi) is 28.3. The summed E-state index contributed by atoms with van der Waals surface area (Å²) in [7, 11) is 0. The molecule has 31 heavy (non-hydrogen) atoms. The summed E-state index contributed by atoms with van der Waals surface area (Å²) in [6.07, 6.45) is 22.7. The zero-order chi connectivity index (χ0) is 22.7. The quantitative estimate of drug-likeness (QED) is 0.0470. The molecule has 0 rings (SSSR count). The molecule has 5 heteroatoms. The van der Waals surface area contributed by atoms with Crippen LogP contribution < -0.4 is 0 Å². The molecule has 0 aromatic heterocycles. The summed E-state index contributed by atoms with van der Waals surface area (Å²) in [5.41, 5.74) is 0. The van der Waals surface area contributed by atoms with Gasteiger partial charge in [0.05, 0.1) is 19.8 Å². The summed E-state index contributed by atoms with van der Waals surface area (Å²) in [6.45, 7) is 5.10. The summed E-state index contributed by atoms with van der Waals surface area (Å²) in [4.78, 5) is 11.7. The Labute approximate surface area is 207 Å². The molecule has 4 nitrogen and oxygen atoms in total. The predicted octanol–water partition coefficient (Wildman–Crippen LogP) is 8.04. The molecule has 0 heterocycles. The van der Waals surface area contributed by atoms with Gasteiger partial charge in [0.1, 0.15) is 6.61 Å². The van der Waals surface area contributed by atoms with Gasteiger partial charge in [-0.05, 0) is 23.7 Å². The molecule has 0 amide bonds. The van der Waals surface area contributed by atoms with E-state index in [2.05, 4.69) is 29.5 Å². The van der Waals surface area contributed by atoms with Crippen LogP contribution in [0, 0.1) is 0 Å². The second kappa shape index (κ2) is 28.2. The van der Waals surface area contributed by atoms with Crippen LogP contribution in [0.1, 0.15) is 122 Å². The minimum atomic E-state index is -0.0885. The molecular formula is C26H51IO4. The topological polar surface area (TPSA) is 44.8 Å². The number of halogens is 1. The second-order valence-corrected chi connectivity index (χ2v) is 9.62. The van der Waals surface area contributed by atoms with Gasteiger partial charge in [0.25, 0.3) is 0 Å². The molecule has 0 unspecified atom stereocenters. The minimum absolute atomic E-state index is 0.0885. The molecule has 0 aliphatic heterocycles. The Morgan fingerprint density at radius 3 is 1.58 bits per heavy atom. The van der Waals surface area contributed by atoms with E-state index in [1.54, 1.807) is 0 Å². The van der Waals surface area contributed by atoms with Crippen molar-refractivity contribution in [2.24, 2.45) is 0 Å². The van der Waals surface area contributed by atoms with Crippen LogP contribution in [0.15, 0.2) is 0 Å². The number of hydrogen-bond acceptors (Lipinski definition) is 4. The lowest BCUT2D eigenvalue weighted by molar-refractivity contribution is -0.145. The normalized spacial score (nSPS) is 11.2. The first-order chi connectivity index (χ1) is 15.3. The highest BCUT2D eigenvalue weighted by Gasteiger charge is 2.02. The lowest BCUT2D eigenvalue weighted by atomic mass is 10.0. The van der Waals surface area contributed by atoms with Crippen molar-refractivity contribution in [3.8, 4) is 0 Å². The number of hydrogen-bond donors (Lipinski definition) is 0. The monoisotopic (exact) mass is 554 g/mol. The van der Waals surface area contributed by atoms with Crippen LogP contribution in [0.3, 0.4) is 0 Å². The van der Waals surface area contributed by atoms with E-state index in [0.29, 0.717) is 32.8 Å². The summed E-state index contributed by atoms with van der Waals surface area (Å²) < 4.78 is 17.5. The van der Waals surface area contributed by atoms with E-state index in [1.165, 1.54) is 94.3 Å². The van der Waals surface area contributed by atoms with E-state index in [-0.39, 0.29) is 5.97 Å². The maximum absolute atomic E-state index is 11.7. The first-order valence-corrected chi connectivity index (χ1v) is 14.7. The molecule has 186 valence electrons. The molecule has 0 N–H and O–H groups in total. The van der Waals surface area contributed by atoms with Crippen molar-refractivity contribution >= 4 is 28.6 Å². The van der Waals surface area contributed by atoms with Crippen molar-refractivity contribution in [1.82, 2.24) is 0 Å². The van der Waals surface area contributed by atoms with E-state index in [4.69, 9.17) is 14.2 Å². The number of carbonyl (C=O) groups is 1. The van der Waals surface area contributed by atoms with E-state index in [9.17, 15) is 4.79 Å². The molecule has 0 fully saturated rings. The maximum Gasteiger partial charge on any atom is 0.305 e. The molecule has 0 bridgehead atoms. The standard InChI is InChI=1S/C26H51IO4/c1-2-3-4-5-6-7-8-9-10-11-12-13-16-19-26(28)31-25-24-30-23-22-29-21-18-15-14-17-20-27/h2-25H2,1H3. The SMILES string of the molecule is CCCCCCCCCCCCCCCC(=O)OCCOCCOCCCCCCI. The second-order valence-electron chi connectivity index (χ2n) is 8.54. The van der Waals surface area contributed by atoms with Gasteiger partial charge in [0.15, 0.2) is 0 Å². The summed E-state index contributed by atoms with van der Waals surface area (Å²) in [5, 5.41) is 0. The van der Waals surface area contributed by atoms with Gasteiger partial charge in [-0.15, -0.1) is 0 Å². The van der Waals surface area contributed by atoms with Crippen molar-refractivity contribution in [3.05, 3.63) is 0 Å². The van der Waals surface area contributed by atoms with Crippen molar-refractivity contribution in [3.63, 3.8) is 0 Å². The fourth-order valence-corrected chi connectivity index (χ4v) is 4.09. The highest BCUT2D eigenvalue weighted by Crippen LogP contribution is 2.13. The number of alkyl halides is 1. The number of carbonyl (C=O) groups excluding carboxylic acids is 1. The Morgan fingerprint density at radius 2 is 1.00 bits per heavy atom. The Morgan fingerprint density at radius 1 is 0.548 bits per heavy atom. The van der Waals surface area contributed by atoms with Crippen LogP contribution in [0.25, 0.3) is 0 Å². The van der Waals surface area contributed by atoms with Gasteiger partial charge in [0, 0.05) is 13.0 Å². The van der Waals surface area contributed by atoms with Gasteiger partial charge in [0.2, 0.25) is 0 Å². The third-order valence-corrected chi connectivity index (χ3v) is 6.28. The average molecular weight is 555 g/mol. The van der Waals surface area contributed by atoms with Gasteiger partial charge in [-0.3, -0.25) is 4.79 Å². The Bertz CT molecular complexity index is 352. The molecule has 0 saturated heterocycles. The molecule has 0 aliphatic rings. The van der Waals surface area contributed by atoms with E-state index < -0.39 is 0 Å². The molecule has 0 atom stereocenters. The summed E-state index contributed by atoms with van der Waals surface area (Å²) in [6, 6.07) is 0. The van der Waals surface area contributed by atoms with Crippen molar-refractivity contribution < 1.29 is 19.0 Å². The van der Waals surface area contributed by atoms with Crippen LogP contribution in [0.2, 0.25) is 0 Å². The lowest BCUT2D eigenvalue weighted by Gasteiger charge is -2.07. The van der Waals surface area contributed by atoms with Gasteiger partial charge >= 0.3 is 5.97 Å². The first kappa shape index (κ1) is 31.1. The molecule has 0 radical (unpaired) electrons. The van der Waals surface area contributed by atoms with Crippen LogP contribution in [-0.2, 0) is 19.0 Å². The zero-order valence-corrected chi connectivity index (χ0v) is 22.6.